The topological polar surface area (TPSA) is 72.2 Å². The third-order valence-electron chi connectivity index (χ3n) is 3.15. The molecule has 0 saturated carbocycles. The number of rotatable bonds is 5. The number of halogens is 1. The Balaban J connectivity index is 2.11. The van der Waals surface area contributed by atoms with Gasteiger partial charge in [0.2, 0.25) is 10.0 Å². The highest BCUT2D eigenvalue weighted by atomic mass is 32.2. The summed E-state index contributed by atoms with van der Waals surface area (Å²) in [5, 5.41) is 0. The van der Waals surface area contributed by atoms with E-state index in [1.54, 1.807) is 0 Å². The van der Waals surface area contributed by atoms with E-state index in [0.717, 1.165) is 17.7 Å². The summed E-state index contributed by atoms with van der Waals surface area (Å²) in [6.07, 6.45) is 0. The molecule has 6 heteroatoms. The number of sulfonamides is 1. The van der Waals surface area contributed by atoms with Crippen molar-refractivity contribution in [2.75, 3.05) is 12.3 Å². The molecule has 0 amide bonds. The van der Waals surface area contributed by atoms with E-state index >= 15 is 0 Å². The smallest absolute Gasteiger partial charge is 0.240 e. The maximum Gasteiger partial charge on any atom is 0.240 e. The Hall–Kier alpha value is -1.92. The normalized spacial score (nSPS) is 13.0. The van der Waals surface area contributed by atoms with Crippen LogP contribution in [0.3, 0.4) is 0 Å². The lowest BCUT2D eigenvalue weighted by Gasteiger charge is -2.13. The number of nitrogen functional groups attached to an aromatic ring is 1. The molecular weight excluding hydrogens is 291 g/mol. The van der Waals surface area contributed by atoms with Gasteiger partial charge in [-0.3, -0.25) is 0 Å². The van der Waals surface area contributed by atoms with Crippen LogP contribution < -0.4 is 10.5 Å². The molecule has 0 fully saturated rings. The second-order valence-corrected chi connectivity index (χ2v) is 6.65. The second kappa shape index (κ2) is 6.24. The fourth-order valence-corrected chi connectivity index (χ4v) is 3.15. The van der Waals surface area contributed by atoms with Gasteiger partial charge in [0.05, 0.1) is 4.90 Å². The molecule has 0 spiro atoms. The molecule has 0 aromatic heterocycles. The summed E-state index contributed by atoms with van der Waals surface area (Å²) in [6.45, 7) is 2.14. The lowest BCUT2D eigenvalue weighted by molar-refractivity contribution is 0.571. The van der Waals surface area contributed by atoms with Crippen molar-refractivity contribution >= 4 is 15.7 Å². The Morgan fingerprint density at radius 1 is 1.19 bits per heavy atom. The van der Waals surface area contributed by atoms with Crippen molar-refractivity contribution in [2.45, 2.75) is 17.7 Å². The van der Waals surface area contributed by atoms with Crippen LogP contribution in [0.4, 0.5) is 10.1 Å². The zero-order chi connectivity index (χ0) is 15.5. The maximum absolute atomic E-state index is 13.2. The van der Waals surface area contributed by atoms with Gasteiger partial charge in [0.25, 0.3) is 0 Å². The van der Waals surface area contributed by atoms with E-state index in [1.165, 1.54) is 6.07 Å². The Morgan fingerprint density at radius 2 is 1.86 bits per heavy atom. The number of nitrogens with two attached hydrogens (primary N) is 1. The highest BCUT2D eigenvalue weighted by Gasteiger charge is 2.17. The van der Waals surface area contributed by atoms with E-state index < -0.39 is 15.8 Å². The molecule has 0 bridgehead atoms. The van der Waals surface area contributed by atoms with Crippen LogP contribution in [0.5, 0.6) is 0 Å². The van der Waals surface area contributed by atoms with E-state index in [0.29, 0.717) is 0 Å². The molecule has 0 aliphatic carbocycles. The van der Waals surface area contributed by atoms with Crippen LogP contribution in [-0.2, 0) is 10.0 Å². The van der Waals surface area contributed by atoms with Crippen molar-refractivity contribution in [2.24, 2.45) is 0 Å². The van der Waals surface area contributed by atoms with E-state index in [-0.39, 0.29) is 23.0 Å². The maximum atomic E-state index is 13.2. The molecule has 1 atom stereocenters. The quantitative estimate of drug-likeness (QED) is 0.834. The Kier molecular flexibility index (Phi) is 4.59. The average Bonchev–Trinajstić information content (AvgIpc) is 2.45. The SMILES string of the molecule is CC(CNS(=O)(=O)c1cc(N)cc(F)c1)c1ccccc1. The molecule has 112 valence electrons. The minimum atomic E-state index is -3.78. The van der Waals surface area contributed by atoms with Gasteiger partial charge in [0.15, 0.2) is 0 Å². The molecule has 0 radical (unpaired) electrons. The van der Waals surface area contributed by atoms with Crippen LogP contribution in [0.15, 0.2) is 53.4 Å². The van der Waals surface area contributed by atoms with Gasteiger partial charge in [0.1, 0.15) is 5.82 Å². The molecule has 0 aliphatic rings. The standard InChI is InChI=1S/C15H17FN2O2S/c1-11(12-5-3-2-4-6-12)10-18-21(19,20)15-8-13(16)7-14(17)9-15/h2-9,11,18H,10,17H2,1H3. The fraction of sp³-hybridized carbons (Fsp3) is 0.200. The van der Waals surface area contributed by atoms with Crippen LogP contribution >= 0.6 is 0 Å². The highest BCUT2D eigenvalue weighted by molar-refractivity contribution is 7.89. The molecule has 2 rings (SSSR count). The Labute approximate surface area is 123 Å². The molecular formula is C15H17FN2O2S. The Morgan fingerprint density at radius 3 is 2.48 bits per heavy atom. The predicted molar refractivity (Wildman–Crippen MR) is 80.9 cm³/mol. The number of anilines is 1. The summed E-state index contributed by atoms with van der Waals surface area (Å²) in [6, 6.07) is 12.8. The van der Waals surface area contributed by atoms with Crippen molar-refractivity contribution in [3.63, 3.8) is 0 Å². The summed E-state index contributed by atoms with van der Waals surface area (Å²) < 4.78 is 40.0. The van der Waals surface area contributed by atoms with Gasteiger partial charge >= 0.3 is 0 Å². The minimum Gasteiger partial charge on any atom is -0.399 e. The number of hydrogen-bond acceptors (Lipinski definition) is 3. The largest absolute Gasteiger partial charge is 0.399 e. The number of nitrogens with one attached hydrogen (secondary N) is 1. The highest BCUT2D eigenvalue weighted by Crippen LogP contribution is 2.18. The van der Waals surface area contributed by atoms with Gasteiger partial charge in [-0.25, -0.2) is 17.5 Å². The van der Waals surface area contributed by atoms with Crippen molar-refractivity contribution in [1.82, 2.24) is 4.72 Å². The van der Waals surface area contributed by atoms with Gasteiger partial charge in [-0.15, -0.1) is 0 Å². The van der Waals surface area contributed by atoms with E-state index in [2.05, 4.69) is 4.72 Å². The lowest BCUT2D eigenvalue weighted by atomic mass is 10.0. The first-order valence-electron chi connectivity index (χ1n) is 6.49. The van der Waals surface area contributed by atoms with Gasteiger partial charge < -0.3 is 5.73 Å². The number of hydrogen-bond donors (Lipinski definition) is 2. The predicted octanol–water partition coefficient (Wildman–Crippen LogP) is 2.49. The van der Waals surface area contributed by atoms with Gasteiger partial charge in [-0.05, 0) is 29.7 Å². The van der Waals surface area contributed by atoms with Gasteiger partial charge in [-0.1, -0.05) is 37.3 Å². The molecule has 0 aliphatic heterocycles. The molecule has 0 saturated heterocycles. The van der Waals surface area contributed by atoms with Crippen LogP contribution in [-0.4, -0.2) is 15.0 Å². The first-order chi connectivity index (χ1) is 9.88. The zero-order valence-electron chi connectivity index (χ0n) is 11.6. The van der Waals surface area contributed by atoms with E-state index in [9.17, 15) is 12.8 Å². The monoisotopic (exact) mass is 308 g/mol. The van der Waals surface area contributed by atoms with Gasteiger partial charge in [0, 0.05) is 12.2 Å². The van der Waals surface area contributed by atoms with E-state index in [4.69, 9.17) is 5.73 Å². The van der Waals surface area contributed by atoms with Crippen molar-refractivity contribution < 1.29 is 12.8 Å². The van der Waals surface area contributed by atoms with Crippen LogP contribution in [0.2, 0.25) is 0 Å². The summed E-state index contributed by atoms with van der Waals surface area (Å²) in [5.74, 6) is -0.668. The van der Waals surface area contributed by atoms with Crippen molar-refractivity contribution in [1.29, 1.82) is 0 Å². The van der Waals surface area contributed by atoms with Crippen molar-refractivity contribution in [3.05, 3.63) is 59.9 Å². The molecule has 4 nitrogen and oxygen atoms in total. The summed E-state index contributed by atoms with van der Waals surface area (Å²) in [4.78, 5) is -0.166. The van der Waals surface area contributed by atoms with Crippen LogP contribution in [0.25, 0.3) is 0 Å². The van der Waals surface area contributed by atoms with Crippen LogP contribution in [0, 0.1) is 5.82 Å². The first kappa shape index (κ1) is 15.5. The van der Waals surface area contributed by atoms with E-state index in [1.807, 2.05) is 37.3 Å². The third kappa shape index (κ3) is 4.03. The molecule has 1 unspecified atom stereocenters. The third-order valence-corrected chi connectivity index (χ3v) is 4.56. The number of benzene rings is 2. The molecule has 3 N–H and O–H groups in total. The molecule has 2 aromatic rings. The minimum absolute atomic E-state index is 0.00637. The second-order valence-electron chi connectivity index (χ2n) is 4.88. The zero-order valence-corrected chi connectivity index (χ0v) is 12.4. The summed E-state index contributed by atoms with van der Waals surface area (Å²) >= 11 is 0. The van der Waals surface area contributed by atoms with Crippen LogP contribution in [0.1, 0.15) is 18.4 Å². The molecule has 2 aromatic carbocycles. The fourth-order valence-electron chi connectivity index (χ4n) is 1.96. The summed E-state index contributed by atoms with van der Waals surface area (Å²) in [7, 11) is -3.78. The average molecular weight is 308 g/mol. The molecule has 21 heavy (non-hydrogen) atoms. The van der Waals surface area contributed by atoms with Crippen molar-refractivity contribution in [3.8, 4) is 0 Å². The first-order valence-corrected chi connectivity index (χ1v) is 7.97. The Bertz CT molecular complexity index is 697. The van der Waals surface area contributed by atoms with Gasteiger partial charge in [-0.2, -0.15) is 0 Å². The lowest BCUT2D eigenvalue weighted by Crippen LogP contribution is -2.27. The summed E-state index contributed by atoms with van der Waals surface area (Å²) in [5.41, 5.74) is 6.57. The molecule has 0 heterocycles.